The summed E-state index contributed by atoms with van der Waals surface area (Å²) in [4.78, 5) is 38.2. The van der Waals surface area contributed by atoms with E-state index in [0.717, 1.165) is 69.6 Å². The Morgan fingerprint density at radius 2 is 0.576 bits per heavy atom. The van der Waals surface area contributed by atoms with Crippen molar-refractivity contribution in [1.82, 2.24) is 0 Å². The van der Waals surface area contributed by atoms with Gasteiger partial charge >= 0.3 is 17.9 Å². The molecule has 0 aliphatic heterocycles. The summed E-state index contributed by atoms with van der Waals surface area (Å²) in [6.07, 6.45) is 56.5. The van der Waals surface area contributed by atoms with Crippen LogP contribution in [0.25, 0.3) is 0 Å². The lowest BCUT2D eigenvalue weighted by Crippen LogP contribution is -2.30. The van der Waals surface area contributed by atoms with Crippen LogP contribution in [0.5, 0.6) is 0 Å². The SMILES string of the molecule is CCCCCCCCCCCCCCCCC(=O)OC[C@@H](COC(=O)CCCCCCCCCCCCCCCC(C)C)OC(=O)CCCCCCCCCCCCCCCCC(C)CC. The van der Waals surface area contributed by atoms with Gasteiger partial charge in [-0.25, -0.2) is 0 Å². The van der Waals surface area contributed by atoms with Gasteiger partial charge in [-0.15, -0.1) is 0 Å². The zero-order valence-corrected chi connectivity index (χ0v) is 45.3. The summed E-state index contributed by atoms with van der Waals surface area (Å²) in [7, 11) is 0. The van der Waals surface area contributed by atoms with Gasteiger partial charge in [-0.3, -0.25) is 14.4 Å². The van der Waals surface area contributed by atoms with E-state index in [0.29, 0.717) is 19.3 Å². The first-order valence-corrected chi connectivity index (χ1v) is 29.8. The fourth-order valence-corrected chi connectivity index (χ4v) is 9.20. The zero-order chi connectivity index (χ0) is 48.2. The normalized spacial score (nSPS) is 12.5. The Morgan fingerprint density at radius 1 is 0.318 bits per heavy atom. The van der Waals surface area contributed by atoms with E-state index in [-0.39, 0.29) is 31.1 Å². The van der Waals surface area contributed by atoms with E-state index in [9.17, 15) is 14.4 Å². The highest BCUT2D eigenvalue weighted by Crippen LogP contribution is 2.19. The van der Waals surface area contributed by atoms with Gasteiger partial charge in [0.1, 0.15) is 13.2 Å². The summed E-state index contributed by atoms with van der Waals surface area (Å²) in [5.41, 5.74) is 0. The quantitative estimate of drug-likeness (QED) is 0.0343. The van der Waals surface area contributed by atoms with E-state index in [1.54, 1.807) is 0 Å². The van der Waals surface area contributed by atoms with Crippen LogP contribution in [0.3, 0.4) is 0 Å². The van der Waals surface area contributed by atoms with Gasteiger partial charge in [0.05, 0.1) is 0 Å². The summed E-state index contributed by atoms with van der Waals surface area (Å²) in [5.74, 6) is 0.898. The second-order valence-electron chi connectivity index (χ2n) is 21.4. The molecule has 0 aromatic carbocycles. The lowest BCUT2D eigenvalue weighted by Gasteiger charge is -2.18. The fourth-order valence-electron chi connectivity index (χ4n) is 9.20. The first-order chi connectivity index (χ1) is 32.3. The summed E-state index contributed by atoms with van der Waals surface area (Å²) in [6, 6.07) is 0. The molecule has 0 aromatic rings. The van der Waals surface area contributed by atoms with Crippen LogP contribution in [0.15, 0.2) is 0 Å². The molecule has 6 heteroatoms. The van der Waals surface area contributed by atoms with E-state index in [1.807, 2.05) is 0 Å². The lowest BCUT2D eigenvalue weighted by atomic mass is 9.99. The van der Waals surface area contributed by atoms with Crippen molar-refractivity contribution in [2.45, 2.75) is 343 Å². The highest BCUT2D eigenvalue weighted by Gasteiger charge is 2.19. The smallest absolute Gasteiger partial charge is 0.306 e. The zero-order valence-electron chi connectivity index (χ0n) is 45.3. The third-order valence-electron chi connectivity index (χ3n) is 14.1. The molecular weight excluding hydrogens is 817 g/mol. The number of hydrogen-bond donors (Lipinski definition) is 0. The molecule has 0 heterocycles. The number of carbonyl (C=O) groups is 3. The Hall–Kier alpha value is -1.59. The van der Waals surface area contributed by atoms with E-state index < -0.39 is 6.10 Å². The summed E-state index contributed by atoms with van der Waals surface area (Å²) in [6.45, 7) is 11.5. The Labute approximate surface area is 412 Å². The molecular formula is C60H116O6. The van der Waals surface area contributed by atoms with Gasteiger partial charge < -0.3 is 14.2 Å². The van der Waals surface area contributed by atoms with Gasteiger partial charge in [-0.2, -0.15) is 0 Å². The number of esters is 3. The van der Waals surface area contributed by atoms with Crippen molar-refractivity contribution in [1.29, 1.82) is 0 Å². The van der Waals surface area contributed by atoms with E-state index in [1.165, 1.54) is 225 Å². The average Bonchev–Trinajstić information content (AvgIpc) is 3.30. The van der Waals surface area contributed by atoms with E-state index in [4.69, 9.17) is 14.2 Å². The van der Waals surface area contributed by atoms with Crippen LogP contribution in [0.4, 0.5) is 0 Å². The summed E-state index contributed by atoms with van der Waals surface area (Å²) >= 11 is 0. The molecule has 0 aromatic heterocycles. The molecule has 0 bridgehead atoms. The molecule has 0 rings (SSSR count). The number of rotatable bonds is 54. The van der Waals surface area contributed by atoms with Crippen LogP contribution in [-0.4, -0.2) is 37.2 Å². The topological polar surface area (TPSA) is 78.9 Å². The third kappa shape index (κ3) is 51.8. The molecule has 0 aliphatic rings. The second-order valence-corrected chi connectivity index (χ2v) is 21.4. The van der Waals surface area contributed by atoms with E-state index >= 15 is 0 Å². The molecule has 0 saturated heterocycles. The third-order valence-corrected chi connectivity index (χ3v) is 14.1. The first-order valence-electron chi connectivity index (χ1n) is 29.8. The van der Waals surface area contributed by atoms with Gasteiger partial charge in [-0.05, 0) is 31.1 Å². The predicted molar refractivity (Wildman–Crippen MR) is 284 cm³/mol. The van der Waals surface area contributed by atoms with Crippen LogP contribution < -0.4 is 0 Å². The fraction of sp³-hybridized carbons (Fsp3) is 0.950. The van der Waals surface area contributed by atoms with Gasteiger partial charge in [0.25, 0.3) is 0 Å². The Kier molecular flexibility index (Phi) is 51.5. The van der Waals surface area contributed by atoms with Crippen molar-refractivity contribution < 1.29 is 28.6 Å². The van der Waals surface area contributed by atoms with Gasteiger partial charge in [0.15, 0.2) is 6.10 Å². The number of carbonyl (C=O) groups excluding carboxylic acids is 3. The van der Waals surface area contributed by atoms with Crippen LogP contribution >= 0.6 is 0 Å². The molecule has 0 spiro atoms. The molecule has 1 unspecified atom stereocenters. The molecule has 0 aliphatic carbocycles. The maximum absolute atomic E-state index is 12.9. The molecule has 0 amide bonds. The monoisotopic (exact) mass is 933 g/mol. The molecule has 66 heavy (non-hydrogen) atoms. The van der Waals surface area contributed by atoms with Gasteiger partial charge in [0, 0.05) is 19.3 Å². The first kappa shape index (κ1) is 64.4. The molecule has 392 valence electrons. The maximum Gasteiger partial charge on any atom is 0.306 e. The minimum atomic E-state index is -0.763. The highest BCUT2D eigenvalue weighted by atomic mass is 16.6. The summed E-state index contributed by atoms with van der Waals surface area (Å²) in [5, 5.41) is 0. The van der Waals surface area contributed by atoms with Crippen molar-refractivity contribution >= 4 is 17.9 Å². The molecule has 0 fully saturated rings. The molecule has 2 atom stereocenters. The number of unbranched alkanes of at least 4 members (excludes halogenated alkanes) is 38. The van der Waals surface area contributed by atoms with Gasteiger partial charge in [-0.1, -0.05) is 298 Å². The molecule has 6 nitrogen and oxygen atoms in total. The van der Waals surface area contributed by atoms with Crippen LogP contribution in [0, 0.1) is 11.8 Å². The molecule has 0 radical (unpaired) electrons. The standard InChI is InChI=1S/C60H116O6/c1-6-8-9-10-11-12-13-14-20-25-30-35-40-45-50-58(61)64-53-57(54-65-59(62)51-46-41-36-31-26-22-17-18-23-28-33-38-43-48-55(3)4)66-60(63)52-47-42-37-32-27-21-16-15-19-24-29-34-39-44-49-56(5)7-2/h55-57H,6-54H2,1-5H3/t56?,57-/m0/s1. The number of hydrogen-bond acceptors (Lipinski definition) is 6. The Balaban J connectivity index is 4.30. The lowest BCUT2D eigenvalue weighted by molar-refractivity contribution is -0.167. The number of ether oxygens (including phenoxy) is 3. The van der Waals surface area contributed by atoms with E-state index in [2.05, 4.69) is 34.6 Å². The molecule has 0 N–H and O–H groups in total. The minimum absolute atomic E-state index is 0.0624. The average molecular weight is 934 g/mol. The minimum Gasteiger partial charge on any atom is -0.462 e. The van der Waals surface area contributed by atoms with Crippen molar-refractivity contribution in [3.05, 3.63) is 0 Å². The van der Waals surface area contributed by atoms with Crippen molar-refractivity contribution in [2.24, 2.45) is 11.8 Å². The maximum atomic E-state index is 12.9. The second kappa shape index (κ2) is 52.8. The Bertz CT molecular complexity index is 1010. The van der Waals surface area contributed by atoms with Crippen LogP contribution in [0.2, 0.25) is 0 Å². The summed E-state index contributed by atoms with van der Waals surface area (Å²) < 4.78 is 16.9. The van der Waals surface area contributed by atoms with Crippen molar-refractivity contribution in [3.8, 4) is 0 Å². The Morgan fingerprint density at radius 3 is 0.864 bits per heavy atom. The predicted octanol–water partition coefficient (Wildman–Crippen LogP) is 19.7. The van der Waals surface area contributed by atoms with Crippen molar-refractivity contribution in [2.75, 3.05) is 13.2 Å². The van der Waals surface area contributed by atoms with Crippen molar-refractivity contribution in [3.63, 3.8) is 0 Å². The largest absolute Gasteiger partial charge is 0.462 e. The van der Waals surface area contributed by atoms with Crippen LogP contribution in [-0.2, 0) is 28.6 Å². The molecule has 0 saturated carbocycles. The van der Waals surface area contributed by atoms with Gasteiger partial charge in [0.2, 0.25) is 0 Å². The van der Waals surface area contributed by atoms with Crippen LogP contribution in [0.1, 0.15) is 336 Å². The highest BCUT2D eigenvalue weighted by molar-refractivity contribution is 5.71.